The number of halogens is 2. The van der Waals surface area contributed by atoms with Crippen LogP contribution in [0.2, 0.25) is 5.02 Å². The first-order valence-electron chi connectivity index (χ1n) is 5.68. The molecule has 1 N–H and O–H groups in total. The highest BCUT2D eigenvalue weighted by Crippen LogP contribution is 2.27. The minimum atomic E-state index is -3.42. The van der Waals surface area contributed by atoms with E-state index in [0.717, 1.165) is 13.0 Å². The van der Waals surface area contributed by atoms with Crippen molar-refractivity contribution in [1.82, 2.24) is 9.62 Å². The summed E-state index contributed by atoms with van der Waals surface area (Å²) in [7, 11) is -3.42. The Kier molecular flexibility index (Phi) is 4.66. The molecule has 4 nitrogen and oxygen atoms in total. The summed E-state index contributed by atoms with van der Waals surface area (Å²) in [6, 6.07) is 4.69. The molecule has 0 amide bonds. The minimum absolute atomic E-state index is 0.278. The van der Waals surface area contributed by atoms with Crippen molar-refractivity contribution in [3.8, 4) is 0 Å². The molecule has 0 aromatic heterocycles. The highest BCUT2D eigenvalue weighted by atomic mass is 79.9. The van der Waals surface area contributed by atoms with E-state index in [9.17, 15) is 8.42 Å². The molecule has 0 atom stereocenters. The van der Waals surface area contributed by atoms with Crippen LogP contribution >= 0.6 is 27.5 Å². The van der Waals surface area contributed by atoms with Gasteiger partial charge in [-0.3, -0.25) is 0 Å². The van der Waals surface area contributed by atoms with Crippen molar-refractivity contribution in [2.45, 2.75) is 11.3 Å². The standard InChI is InChI=1S/C11H14BrClN2O2S/c12-10-8-9(2-3-11(10)13)18(16,17)15-6-1-4-14-5-7-15/h2-3,8,14H,1,4-7H2. The van der Waals surface area contributed by atoms with Crippen molar-refractivity contribution in [1.29, 1.82) is 0 Å². The van der Waals surface area contributed by atoms with Gasteiger partial charge in [0.15, 0.2) is 0 Å². The highest BCUT2D eigenvalue weighted by Gasteiger charge is 2.25. The fraction of sp³-hybridized carbons (Fsp3) is 0.455. The number of hydrogen-bond donors (Lipinski definition) is 1. The first-order chi connectivity index (χ1) is 8.51. The van der Waals surface area contributed by atoms with Gasteiger partial charge in [-0.25, -0.2) is 8.42 Å². The molecule has 0 spiro atoms. The largest absolute Gasteiger partial charge is 0.315 e. The summed E-state index contributed by atoms with van der Waals surface area (Å²) in [5.74, 6) is 0. The van der Waals surface area contributed by atoms with Gasteiger partial charge in [-0.1, -0.05) is 11.6 Å². The number of sulfonamides is 1. The molecule has 100 valence electrons. The highest BCUT2D eigenvalue weighted by molar-refractivity contribution is 9.10. The van der Waals surface area contributed by atoms with Crippen LogP contribution in [0.4, 0.5) is 0 Å². The van der Waals surface area contributed by atoms with E-state index in [4.69, 9.17) is 11.6 Å². The Hall–Kier alpha value is -0.140. The average molecular weight is 354 g/mol. The van der Waals surface area contributed by atoms with E-state index >= 15 is 0 Å². The number of nitrogens with zero attached hydrogens (tertiary/aromatic N) is 1. The van der Waals surface area contributed by atoms with Crippen LogP contribution < -0.4 is 5.32 Å². The van der Waals surface area contributed by atoms with E-state index in [2.05, 4.69) is 21.2 Å². The Balaban J connectivity index is 2.31. The van der Waals surface area contributed by atoms with Crippen LogP contribution in [0.25, 0.3) is 0 Å². The Morgan fingerprint density at radius 3 is 2.78 bits per heavy atom. The molecule has 0 unspecified atom stereocenters. The van der Waals surface area contributed by atoms with Gasteiger partial charge in [-0.05, 0) is 47.1 Å². The van der Waals surface area contributed by atoms with Gasteiger partial charge < -0.3 is 5.32 Å². The zero-order valence-corrected chi connectivity index (χ0v) is 12.9. The third kappa shape index (κ3) is 3.05. The molecule has 1 fully saturated rings. The Labute approximate surface area is 120 Å². The summed E-state index contributed by atoms with van der Waals surface area (Å²) in [5.41, 5.74) is 0. The zero-order valence-electron chi connectivity index (χ0n) is 9.70. The van der Waals surface area contributed by atoms with E-state index in [0.29, 0.717) is 29.1 Å². The van der Waals surface area contributed by atoms with Crippen molar-refractivity contribution in [3.63, 3.8) is 0 Å². The maximum Gasteiger partial charge on any atom is 0.243 e. The lowest BCUT2D eigenvalue weighted by Crippen LogP contribution is -2.34. The van der Waals surface area contributed by atoms with E-state index in [1.165, 1.54) is 4.31 Å². The van der Waals surface area contributed by atoms with E-state index in [1.807, 2.05) is 0 Å². The van der Waals surface area contributed by atoms with Gasteiger partial charge in [0, 0.05) is 24.1 Å². The quantitative estimate of drug-likeness (QED) is 0.885. The molecular formula is C11H14BrClN2O2S. The van der Waals surface area contributed by atoms with Crippen molar-refractivity contribution in [2.24, 2.45) is 0 Å². The lowest BCUT2D eigenvalue weighted by molar-refractivity contribution is 0.432. The van der Waals surface area contributed by atoms with Gasteiger partial charge in [0.25, 0.3) is 0 Å². The molecule has 0 saturated carbocycles. The molecule has 0 bridgehead atoms. The zero-order chi connectivity index (χ0) is 13.2. The van der Waals surface area contributed by atoms with Gasteiger partial charge in [0.05, 0.1) is 9.92 Å². The molecule has 18 heavy (non-hydrogen) atoms. The summed E-state index contributed by atoms with van der Waals surface area (Å²) in [5, 5.41) is 3.69. The van der Waals surface area contributed by atoms with Crippen LogP contribution in [0.3, 0.4) is 0 Å². The SMILES string of the molecule is O=S(=O)(c1ccc(Cl)c(Br)c1)N1CCCNCC1. The van der Waals surface area contributed by atoms with Gasteiger partial charge in [-0.15, -0.1) is 0 Å². The van der Waals surface area contributed by atoms with Gasteiger partial charge in [0.2, 0.25) is 10.0 Å². The molecule has 1 saturated heterocycles. The van der Waals surface area contributed by atoms with Crippen LogP contribution in [0.5, 0.6) is 0 Å². The summed E-state index contributed by atoms with van der Waals surface area (Å²) < 4.78 is 27.0. The fourth-order valence-corrected chi connectivity index (χ4v) is 4.00. The van der Waals surface area contributed by atoms with Gasteiger partial charge in [-0.2, -0.15) is 4.31 Å². The Morgan fingerprint density at radius 1 is 1.28 bits per heavy atom. The molecule has 1 aliphatic heterocycles. The molecule has 0 aliphatic carbocycles. The van der Waals surface area contributed by atoms with E-state index in [1.54, 1.807) is 18.2 Å². The third-order valence-electron chi connectivity index (χ3n) is 2.83. The second-order valence-corrected chi connectivity index (χ2v) is 7.28. The maximum absolute atomic E-state index is 12.4. The van der Waals surface area contributed by atoms with Crippen molar-refractivity contribution in [2.75, 3.05) is 26.2 Å². The molecule has 1 aliphatic rings. The predicted octanol–water partition coefficient (Wildman–Crippen LogP) is 2.09. The molecular weight excluding hydrogens is 340 g/mol. The molecule has 1 aromatic carbocycles. The maximum atomic E-state index is 12.4. The number of hydrogen-bond acceptors (Lipinski definition) is 3. The average Bonchev–Trinajstić information content (AvgIpc) is 2.61. The smallest absolute Gasteiger partial charge is 0.243 e. The summed E-state index contributed by atoms with van der Waals surface area (Å²) in [6.07, 6.45) is 0.827. The molecule has 2 rings (SSSR count). The minimum Gasteiger partial charge on any atom is -0.315 e. The second kappa shape index (κ2) is 5.88. The summed E-state index contributed by atoms with van der Waals surface area (Å²) >= 11 is 9.13. The van der Waals surface area contributed by atoms with E-state index in [-0.39, 0.29) is 4.90 Å². The molecule has 0 radical (unpaired) electrons. The lowest BCUT2D eigenvalue weighted by Gasteiger charge is -2.19. The van der Waals surface area contributed by atoms with Crippen molar-refractivity contribution < 1.29 is 8.42 Å². The molecule has 7 heteroatoms. The Morgan fingerprint density at radius 2 is 2.06 bits per heavy atom. The monoisotopic (exact) mass is 352 g/mol. The number of benzene rings is 1. The Bertz CT molecular complexity index is 528. The van der Waals surface area contributed by atoms with E-state index < -0.39 is 10.0 Å². The first kappa shape index (κ1) is 14.3. The van der Waals surface area contributed by atoms with Crippen LogP contribution in [0.1, 0.15) is 6.42 Å². The topological polar surface area (TPSA) is 49.4 Å². The van der Waals surface area contributed by atoms with Crippen molar-refractivity contribution >= 4 is 37.6 Å². The van der Waals surface area contributed by atoms with Crippen LogP contribution in [0, 0.1) is 0 Å². The van der Waals surface area contributed by atoms with Crippen LogP contribution in [-0.4, -0.2) is 38.9 Å². The predicted molar refractivity (Wildman–Crippen MR) is 75.4 cm³/mol. The third-order valence-corrected chi connectivity index (χ3v) is 5.94. The summed E-state index contributed by atoms with van der Waals surface area (Å²) in [6.45, 7) is 2.60. The lowest BCUT2D eigenvalue weighted by atomic mass is 10.4. The fourth-order valence-electron chi connectivity index (χ4n) is 1.85. The number of nitrogens with one attached hydrogen (secondary N) is 1. The number of rotatable bonds is 2. The van der Waals surface area contributed by atoms with Gasteiger partial charge >= 0.3 is 0 Å². The van der Waals surface area contributed by atoms with Crippen molar-refractivity contribution in [3.05, 3.63) is 27.7 Å². The second-order valence-electron chi connectivity index (χ2n) is 4.08. The van der Waals surface area contributed by atoms with Gasteiger partial charge in [0.1, 0.15) is 0 Å². The molecule has 1 heterocycles. The normalized spacial score (nSPS) is 18.6. The van der Waals surface area contributed by atoms with Crippen LogP contribution in [-0.2, 0) is 10.0 Å². The molecule has 1 aromatic rings. The summed E-state index contributed by atoms with van der Waals surface area (Å²) in [4.78, 5) is 0.278. The first-order valence-corrected chi connectivity index (χ1v) is 8.29. The van der Waals surface area contributed by atoms with Crippen LogP contribution in [0.15, 0.2) is 27.6 Å².